The number of hydrazone groups is 1. The zero-order valence-corrected chi connectivity index (χ0v) is 14.3. The van der Waals surface area contributed by atoms with Gasteiger partial charge in [-0.2, -0.15) is 5.10 Å². The summed E-state index contributed by atoms with van der Waals surface area (Å²) in [6.45, 7) is 5.46. The maximum atomic E-state index is 11.7. The Morgan fingerprint density at radius 3 is 2.71 bits per heavy atom. The molecular weight excluding hydrogens is 330 g/mol. The lowest BCUT2D eigenvalue weighted by molar-refractivity contribution is -0.385. The van der Waals surface area contributed by atoms with Crippen molar-refractivity contribution in [1.82, 2.24) is 5.43 Å². The van der Waals surface area contributed by atoms with Gasteiger partial charge in [-0.25, -0.2) is 5.43 Å². The van der Waals surface area contributed by atoms with Gasteiger partial charge in [0, 0.05) is 6.07 Å². The lowest BCUT2D eigenvalue weighted by atomic mass is 10.1. The van der Waals surface area contributed by atoms with E-state index in [1.807, 2.05) is 26.0 Å². The third-order valence-electron chi connectivity index (χ3n) is 3.34. The monoisotopic (exact) mass is 347 g/mol. The molecule has 2 rings (SSSR count). The van der Waals surface area contributed by atoms with Crippen LogP contribution >= 0.6 is 11.3 Å². The molecule has 0 unspecified atom stereocenters. The molecule has 0 saturated heterocycles. The predicted octanol–water partition coefficient (Wildman–Crippen LogP) is 3.11. The smallest absolute Gasteiger partial charge is 0.283 e. The van der Waals surface area contributed by atoms with Gasteiger partial charge in [0.25, 0.3) is 11.6 Å². The Morgan fingerprint density at radius 2 is 2.08 bits per heavy atom. The van der Waals surface area contributed by atoms with E-state index < -0.39 is 10.8 Å². The van der Waals surface area contributed by atoms with Crippen LogP contribution in [0.1, 0.15) is 20.9 Å². The highest BCUT2D eigenvalue weighted by molar-refractivity contribution is 7.14. The second-order valence-electron chi connectivity index (χ2n) is 5.18. The van der Waals surface area contributed by atoms with E-state index in [0.717, 1.165) is 11.1 Å². The predicted molar refractivity (Wildman–Crippen MR) is 92.9 cm³/mol. The van der Waals surface area contributed by atoms with Gasteiger partial charge in [0.2, 0.25) is 0 Å². The van der Waals surface area contributed by atoms with E-state index in [-0.39, 0.29) is 12.3 Å². The van der Waals surface area contributed by atoms with Crippen molar-refractivity contribution in [2.75, 3.05) is 6.61 Å². The Labute approximate surface area is 143 Å². The molecule has 0 aliphatic heterocycles. The number of benzene rings is 1. The largest absolute Gasteiger partial charge is 0.484 e. The van der Waals surface area contributed by atoms with Crippen molar-refractivity contribution < 1.29 is 14.5 Å². The minimum atomic E-state index is -0.445. The third kappa shape index (κ3) is 4.63. The van der Waals surface area contributed by atoms with E-state index in [4.69, 9.17) is 4.74 Å². The highest BCUT2D eigenvalue weighted by atomic mass is 32.1. The van der Waals surface area contributed by atoms with Crippen LogP contribution in [0, 0.1) is 30.9 Å². The van der Waals surface area contributed by atoms with Gasteiger partial charge in [-0.15, -0.1) is 11.3 Å². The highest BCUT2D eigenvalue weighted by Crippen LogP contribution is 2.26. The number of carbonyl (C=O) groups is 1. The Morgan fingerprint density at radius 1 is 1.33 bits per heavy atom. The second-order valence-corrected chi connectivity index (χ2v) is 6.46. The first-order valence-electron chi connectivity index (χ1n) is 7.13. The summed E-state index contributed by atoms with van der Waals surface area (Å²) in [5.41, 5.74) is 4.61. The highest BCUT2D eigenvalue weighted by Gasteiger charge is 2.14. The number of hydrogen-bond donors (Lipinski definition) is 1. The number of aryl methyl sites for hydroxylation is 3. The molecule has 1 amide bonds. The van der Waals surface area contributed by atoms with Crippen LogP contribution in [0.2, 0.25) is 0 Å². The standard InChI is InChI=1S/C16H17N3O4S/c1-10-4-5-13(6-11(10)2)23-9-16(20)18-17-8-14-7-15(19(21)22)12(3)24-14/h4-8H,9H2,1-3H3,(H,18,20)/b17-8+. The molecule has 0 aliphatic carbocycles. The molecule has 1 aromatic heterocycles. The first-order valence-corrected chi connectivity index (χ1v) is 7.95. The molecular formula is C16H17N3O4S. The van der Waals surface area contributed by atoms with Gasteiger partial charge >= 0.3 is 0 Å². The van der Waals surface area contributed by atoms with Crippen molar-refractivity contribution in [3.63, 3.8) is 0 Å². The zero-order chi connectivity index (χ0) is 17.7. The molecule has 1 heterocycles. The second kappa shape index (κ2) is 7.69. The van der Waals surface area contributed by atoms with Crippen LogP contribution in [0.5, 0.6) is 5.75 Å². The summed E-state index contributed by atoms with van der Waals surface area (Å²) < 4.78 is 5.39. The minimum Gasteiger partial charge on any atom is -0.484 e. The molecule has 24 heavy (non-hydrogen) atoms. The first kappa shape index (κ1) is 17.6. The molecule has 2 aromatic rings. The number of carbonyl (C=O) groups excluding carboxylic acids is 1. The van der Waals surface area contributed by atoms with Gasteiger partial charge in [-0.05, 0) is 44.0 Å². The van der Waals surface area contributed by atoms with Crippen molar-refractivity contribution in [1.29, 1.82) is 0 Å². The Balaban J connectivity index is 1.85. The van der Waals surface area contributed by atoms with E-state index in [1.165, 1.54) is 23.6 Å². The summed E-state index contributed by atoms with van der Waals surface area (Å²) in [6, 6.07) is 7.00. The van der Waals surface area contributed by atoms with E-state index in [1.54, 1.807) is 13.0 Å². The molecule has 0 radical (unpaired) electrons. The molecule has 0 fully saturated rings. The van der Waals surface area contributed by atoms with Gasteiger partial charge < -0.3 is 4.74 Å². The van der Waals surface area contributed by atoms with Crippen LogP contribution in [0.25, 0.3) is 0 Å². The number of nitro groups is 1. The van der Waals surface area contributed by atoms with Crippen molar-refractivity contribution in [2.45, 2.75) is 20.8 Å². The average molecular weight is 347 g/mol. The molecule has 0 atom stereocenters. The number of hydrogen-bond acceptors (Lipinski definition) is 6. The Hall–Kier alpha value is -2.74. The van der Waals surface area contributed by atoms with Crippen molar-refractivity contribution in [3.8, 4) is 5.75 Å². The summed E-state index contributed by atoms with van der Waals surface area (Å²) in [5, 5.41) is 14.5. The van der Waals surface area contributed by atoms with Crippen molar-refractivity contribution in [3.05, 3.63) is 55.3 Å². The molecule has 126 valence electrons. The number of ether oxygens (including phenoxy) is 1. The molecule has 1 N–H and O–H groups in total. The van der Waals surface area contributed by atoms with Crippen LogP contribution in [-0.4, -0.2) is 23.7 Å². The molecule has 8 heteroatoms. The normalized spacial score (nSPS) is 10.8. The molecule has 0 aliphatic rings. The third-order valence-corrected chi connectivity index (χ3v) is 4.31. The quantitative estimate of drug-likeness (QED) is 0.493. The summed E-state index contributed by atoms with van der Waals surface area (Å²) in [7, 11) is 0. The number of nitrogens with zero attached hydrogens (tertiary/aromatic N) is 2. The van der Waals surface area contributed by atoms with Crippen LogP contribution in [0.15, 0.2) is 29.4 Å². The fourth-order valence-electron chi connectivity index (χ4n) is 1.89. The maximum Gasteiger partial charge on any atom is 0.283 e. The molecule has 7 nitrogen and oxygen atoms in total. The van der Waals surface area contributed by atoms with Crippen molar-refractivity contribution in [2.24, 2.45) is 5.10 Å². The number of thiophene rings is 1. The first-order chi connectivity index (χ1) is 11.4. The van der Waals surface area contributed by atoms with Crippen LogP contribution in [-0.2, 0) is 4.79 Å². The molecule has 0 saturated carbocycles. The van der Waals surface area contributed by atoms with Gasteiger partial charge in [0.1, 0.15) is 5.75 Å². The van der Waals surface area contributed by atoms with Gasteiger partial charge in [0.15, 0.2) is 6.61 Å². The summed E-state index contributed by atoms with van der Waals surface area (Å²) in [4.78, 5) is 23.2. The van der Waals surface area contributed by atoms with Crippen molar-refractivity contribution >= 4 is 29.1 Å². The molecule has 0 bridgehead atoms. The summed E-state index contributed by atoms with van der Waals surface area (Å²) in [5.74, 6) is 0.203. The average Bonchev–Trinajstić information content (AvgIpc) is 2.89. The van der Waals surface area contributed by atoms with Crippen LogP contribution < -0.4 is 10.2 Å². The minimum absolute atomic E-state index is 0.0471. The van der Waals surface area contributed by atoms with E-state index in [0.29, 0.717) is 15.5 Å². The molecule has 1 aromatic carbocycles. The fraction of sp³-hybridized carbons (Fsp3) is 0.250. The van der Waals surface area contributed by atoms with Gasteiger partial charge in [0.05, 0.1) is 20.9 Å². The molecule has 0 spiro atoms. The number of nitrogens with one attached hydrogen (secondary N) is 1. The summed E-state index contributed by atoms with van der Waals surface area (Å²) >= 11 is 1.23. The Kier molecular flexibility index (Phi) is 5.64. The lowest BCUT2D eigenvalue weighted by Crippen LogP contribution is -2.24. The number of rotatable bonds is 6. The van der Waals surface area contributed by atoms with Gasteiger partial charge in [-0.3, -0.25) is 14.9 Å². The maximum absolute atomic E-state index is 11.7. The van der Waals surface area contributed by atoms with Gasteiger partial charge in [-0.1, -0.05) is 6.07 Å². The fourth-order valence-corrected chi connectivity index (χ4v) is 2.76. The number of amides is 1. The lowest BCUT2D eigenvalue weighted by Gasteiger charge is -2.07. The SMILES string of the molecule is Cc1ccc(OCC(=O)N/N=C/c2cc([N+](=O)[O-])c(C)s2)cc1C. The Bertz CT molecular complexity index is 799. The van der Waals surface area contributed by atoms with E-state index in [9.17, 15) is 14.9 Å². The zero-order valence-electron chi connectivity index (χ0n) is 13.5. The topological polar surface area (TPSA) is 93.8 Å². The van der Waals surface area contributed by atoms with Crippen LogP contribution in [0.3, 0.4) is 0 Å². The van der Waals surface area contributed by atoms with Crippen LogP contribution in [0.4, 0.5) is 5.69 Å². The van der Waals surface area contributed by atoms with E-state index >= 15 is 0 Å². The summed E-state index contributed by atoms with van der Waals surface area (Å²) in [6.07, 6.45) is 1.37. The van der Waals surface area contributed by atoms with E-state index in [2.05, 4.69) is 10.5 Å².